The van der Waals surface area contributed by atoms with Crippen LogP contribution in [0.1, 0.15) is 13.3 Å². The van der Waals surface area contributed by atoms with E-state index in [0.717, 1.165) is 6.92 Å². The van der Waals surface area contributed by atoms with Gasteiger partial charge in [-0.15, -0.1) is 0 Å². The minimum absolute atomic E-state index is 0.848. The second-order valence-corrected chi connectivity index (χ2v) is 5.52. The molecule has 1 fully saturated rings. The van der Waals surface area contributed by atoms with Gasteiger partial charge in [-0.25, -0.2) is 4.79 Å². The molecule has 1 aliphatic rings. The van der Waals surface area contributed by atoms with E-state index in [1.807, 2.05) is 0 Å². The van der Waals surface area contributed by atoms with Gasteiger partial charge in [-0.3, -0.25) is 9.59 Å². The van der Waals surface area contributed by atoms with E-state index in [9.17, 15) is 34.8 Å². The number of rotatable bonds is 7. The topological polar surface area (TPSA) is 203 Å². The van der Waals surface area contributed by atoms with Gasteiger partial charge in [-0.05, 0) is 0 Å². The molecule has 1 aliphatic heterocycles. The fraction of sp³-hybridized carbons (Fsp3) is 0.769. The Hall–Kier alpha value is -1.83. The zero-order chi connectivity index (χ0) is 19.4. The SMILES string of the molecule is CC(=O)OC(CO)C(O)[C@@H]1OC(O)(C(=O)O)C[C@H](O)[C@H]1NC(=O)CO. The number of amides is 1. The van der Waals surface area contributed by atoms with Crippen molar-refractivity contribution in [1.82, 2.24) is 5.32 Å². The lowest BCUT2D eigenvalue weighted by atomic mass is 9.88. The Morgan fingerprint density at radius 1 is 1.36 bits per heavy atom. The summed E-state index contributed by atoms with van der Waals surface area (Å²) in [5, 5.41) is 59.5. The van der Waals surface area contributed by atoms with E-state index in [-0.39, 0.29) is 0 Å². The molecule has 6 atom stereocenters. The minimum atomic E-state index is -2.89. The third kappa shape index (κ3) is 5.07. The Balaban J connectivity index is 3.15. The fourth-order valence-corrected chi connectivity index (χ4v) is 2.45. The van der Waals surface area contributed by atoms with Gasteiger partial charge in [0.05, 0.1) is 18.8 Å². The van der Waals surface area contributed by atoms with Crippen LogP contribution in [0, 0.1) is 0 Å². The number of aliphatic carboxylic acids is 1. The molecule has 0 saturated carbocycles. The molecule has 1 heterocycles. The molecule has 1 rings (SSSR count). The molecule has 0 aliphatic carbocycles. The van der Waals surface area contributed by atoms with Gasteiger partial charge in [0, 0.05) is 13.3 Å². The van der Waals surface area contributed by atoms with E-state index in [2.05, 4.69) is 10.1 Å². The molecule has 12 nitrogen and oxygen atoms in total. The van der Waals surface area contributed by atoms with Crippen LogP contribution in [0.3, 0.4) is 0 Å². The van der Waals surface area contributed by atoms with Crippen LogP contribution < -0.4 is 5.32 Å². The van der Waals surface area contributed by atoms with E-state index in [0.29, 0.717) is 0 Å². The highest BCUT2D eigenvalue weighted by molar-refractivity contribution is 5.78. The van der Waals surface area contributed by atoms with Gasteiger partial charge < -0.3 is 45.4 Å². The Bertz CT molecular complexity index is 512. The number of carbonyl (C=O) groups excluding carboxylic acids is 2. The Morgan fingerprint density at radius 3 is 2.40 bits per heavy atom. The summed E-state index contributed by atoms with van der Waals surface area (Å²) in [5.74, 6) is -6.59. The highest BCUT2D eigenvalue weighted by atomic mass is 16.7. The van der Waals surface area contributed by atoms with Gasteiger partial charge in [-0.1, -0.05) is 0 Å². The number of hydrogen-bond donors (Lipinski definition) is 7. The van der Waals surface area contributed by atoms with Crippen LogP contribution in [0.4, 0.5) is 0 Å². The predicted molar refractivity (Wildman–Crippen MR) is 75.7 cm³/mol. The first kappa shape index (κ1) is 21.2. The normalized spacial score (nSPS) is 31.7. The van der Waals surface area contributed by atoms with Crippen molar-refractivity contribution in [2.75, 3.05) is 13.2 Å². The van der Waals surface area contributed by atoms with E-state index in [1.165, 1.54) is 0 Å². The molecular formula is C13H21NO11. The molecule has 12 heteroatoms. The molecule has 7 N–H and O–H groups in total. The number of carboxylic acids is 1. The highest BCUT2D eigenvalue weighted by Crippen LogP contribution is 2.31. The Kier molecular flexibility index (Phi) is 7.22. The van der Waals surface area contributed by atoms with E-state index < -0.39 is 73.7 Å². The number of aliphatic hydroxyl groups excluding tert-OH is 4. The van der Waals surface area contributed by atoms with Gasteiger partial charge in [0.15, 0.2) is 6.10 Å². The van der Waals surface area contributed by atoms with Gasteiger partial charge in [0.25, 0.3) is 5.79 Å². The number of hydrogen-bond acceptors (Lipinski definition) is 10. The lowest BCUT2D eigenvalue weighted by Crippen LogP contribution is -2.67. The number of carbonyl (C=O) groups is 3. The monoisotopic (exact) mass is 367 g/mol. The van der Waals surface area contributed by atoms with Gasteiger partial charge in [-0.2, -0.15) is 0 Å². The first-order valence-corrected chi connectivity index (χ1v) is 7.23. The maximum Gasteiger partial charge on any atom is 0.364 e. The maximum atomic E-state index is 11.4. The molecule has 1 amide bonds. The lowest BCUT2D eigenvalue weighted by Gasteiger charge is -2.44. The molecular weight excluding hydrogens is 346 g/mol. The number of ether oxygens (including phenoxy) is 2. The molecule has 0 aromatic rings. The second-order valence-electron chi connectivity index (χ2n) is 5.52. The van der Waals surface area contributed by atoms with E-state index >= 15 is 0 Å². The van der Waals surface area contributed by atoms with Crippen LogP contribution >= 0.6 is 0 Å². The van der Waals surface area contributed by atoms with Gasteiger partial charge in [0.1, 0.15) is 18.8 Å². The van der Waals surface area contributed by atoms with Crippen molar-refractivity contribution in [1.29, 1.82) is 0 Å². The van der Waals surface area contributed by atoms with Crippen molar-refractivity contribution in [3.05, 3.63) is 0 Å². The van der Waals surface area contributed by atoms with Crippen molar-refractivity contribution in [3.8, 4) is 0 Å². The molecule has 144 valence electrons. The van der Waals surface area contributed by atoms with Crippen LogP contribution in [0.15, 0.2) is 0 Å². The number of esters is 1. The van der Waals surface area contributed by atoms with Crippen molar-refractivity contribution < 1.29 is 54.5 Å². The average Bonchev–Trinajstić information content (AvgIpc) is 2.53. The predicted octanol–water partition coefficient (Wildman–Crippen LogP) is -4.33. The second kappa shape index (κ2) is 8.51. The maximum absolute atomic E-state index is 11.4. The summed E-state index contributed by atoms with van der Waals surface area (Å²) >= 11 is 0. The summed E-state index contributed by atoms with van der Waals surface area (Å²) in [6.45, 7) is -0.865. The van der Waals surface area contributed by atoms with Crippen LogP contribution in [0.2, 0.25) is 0 Å². The van der Waals surface area contributed by atoms with E-state index in [1.54, 1.807) is 0 Å². The smallest absolute Gasteiger partial charge is 0.364 e. The fourth-order valence-electron chi connectivity index (χ4n) is 2.45. The Labute approximate surface area is 141 Å². The van der Waals surface area contributed by atoms with Crippen molar-refractivity contribution >= 4 is 17.8 Å². The molecule has 25 heavy (non-hydrogen) atoms. The van der Waals surface area contributed by atoms with Crippen LogP contribution in [-0.4, -0.2) is 97.9 Å². The molecule has 0 aromatic carbocycles. The molecule has 1 saturated heterocycles. The molecule has 0 aromatic heterocycles. The van der Waals surface area contributed by atoms with Crippen LogP contribution in [0.25, 0.3) is 0 Å². The lowest BCUT2D eigenvalue weighted by molar-refractivity contribution is -0.295. The summed E-state index contributed by atoms with van der Waals surface area (Å²) in [5.41, 5.74) is 0. The number of nitrogens with one attached hydrogen (secondary N) is 1. The minimum Gasteiger partial charge on any atom is -0.477 e. The van der Waals surface area contributed by atoms with E-state index in [4.69, 9.17) is 14.9 Å². The summed E-state index contributed by atoms with van der Waals surface area (Å²) in [6, 6.07) is -1.46. The zero-order valence-electron chi connectivity index (χ0n) is 13.2. The third-order valence-corrected chi connectivity index (χ3v) is 3.61. The first-order valence-electron chi connectivity index (χ1n) is 7.23. The molecule has 0 bridgehead atoms. The number of carboxylic acid groups (broad SMARTS) is 1. The van der Waals surface area contributed by atoms with Crippen LogP contribution in [-0.2, 0) is 23.9 Å². The van der Waals surface area contributed by atoms with Gasteiger partial charge >= 0.3 is 11.9 Å². The van der Waals surface area contributed by atoms with Gasteiger partial charge in [0.2, 0.25) is 5.91 Å². The largest absolute Gasteiger partial charge is 0.477 e. The summed E-state index contributed by atoms with van der Waals surface area (Å²) in [7, 11) is 0. The quantitative estimate of drug-likeness (QED) is 0.214. The average molecular weight is 367 g/mol. The standard InChI is InChI=1S/C13H21NO11/c1-5(17)24-7(3-15)10(20)11-9(14-8(19)4-16)6(18)2-13(23,25-11)12(21)22/h6-7,9-11,15-16,18,20,23H,2-4H2,1H3,(H,14,19)(H,21,22)/t6-,7?,9+,10?,11+,13?/m0/s1. The zero-order valence-corrected chi connectivity index (χ0v) is 13.2. The Morgan fingerprint density at radius 2 is 1.96 bits per heavy atom. The van der Waals surface area contributed by atoms with Crippen molar-refractivity contribution in [2.45, 2.75) is 49.6 Å². The molecule has 0 radical (unpaired) electrons. The summed E-state index contributed by atoms with van der Waals surface area (Å²) in [4.78, 5) is 33.6. The first-order chi connectivity index (χ1) is 11.6. The number of aliphatic hydroxyl groups is 5. The van der Waals surface area contributed by atoms with Crippen molar-refractivity contribution in [2.24, 2.45) is 0 Å². The summed E-state index contributed by atoms with van der Waals surface area (Å²) in [6.07, 6.45) is -7.82. The highest BCUT2D eigenvalue weighted by Gasteiger charge is 2.54. The molecule has 3 unspecified atom stereocenters. The summed E-state index contributed by atoms with van der Waals surface area (Å²) < 4.78 is 9.60. The third-order valence-electron chi connectivity index (χ3n) is 3.61. The van der Waals surface area contributed by atoms with Crippen molar-refractivity contribution in [3.63, 3.8) is 0 Å². The van der Waals surface area contributed by atoms with Crippen LogP contribution in [0.5, 0.6) is 0 Å². The molecule has 0 spiro atoms.